The van der Waals surface area contributed by atoms with E-state index in [9.17, 15) is 13.5 Å². The van der Waals surface area contributed by atoms with Crippen LogP contribution in [0.1, 0.15) is 52.8 Å². The van der Waals surface area contributed by atoms with Gasteiger partial charge in [-0.2, -0.15) is 0 Å². The maximum atomic E-state index is 14.7. The topological polar surface area (TPSA) is 73.4 Å². The Morgan fingerprint density at radius 1 is 0.800 bits per heavy atom. The van der Waals surface area contributed by atoms with Gasteiger partial charge in [0.15, 0.2) is 0 Å². The number of hydrogen-bond acceptors (Lipinski definition) is 3. The molecule has 2 N–H and O–H groups in total. The summed E-state index contributed by atoms with van der Waals surface area (Å²) in [6.45, 7) is 12.3. The molecule has 0 radical (unpaired) electrons. The van der Waals surface area contributed by atoms with Crippen LogP contribution in [0.2, 0.25) is 10.0 Å². The Labute approximate surface area is 245 Å². The molecule has 0 aliphatic rings. The van der Waals surface area contributed by atoms with Crippen molar-refractivity contribution in [3.05, 3.63) is 94.1 Å². The van der Waals surface area contributed by atoms with Crippen molar-refractivity contribution in [1.29, 1.82) is 0 Å². The molecule has 0 unspecified atom stereocenters. The van der Waals surface area contributed by atoms with Crippen molar-refractivity contribution >= 4 is 66.3 Å². The SMILES string of the molecule is CC(C)(C)c1ccc(S(=O)(=O)N(c2cc(Cl)c(O)cc2Cl)c2c(C(C)(C)C)[nH]c3ccc4ccccc4c23)cc1. The number of benzene rings is 4. The van der Waals surface area contributed by atoms with E-state index in [1.54, 1.807) is 12.1 Å². The van der Waals surface area contributed by atoms with Crippen molar-refractivity contribution in [1.82, 2.24) is 4.98 Å². The number of hydrogen-bond donors (Lipinski definition) is 2. The molecule has 0 atom stereocenters. The second kappa shape index (κ2) is 9.72. The maximum absolute atomic E-state index is 14.7. The van der Waals surface area contributed by atoms with Crippen LogP contribution < -0.4 is 4.31 Å². The molecular weight excluding hydrogens is 563 g/mol. The second-order valence-corrected chi connectivity index (χ2v) is 14.7. The summed E-state index contributed by atoms with van der Waals surface area (Å²) in [4.78, 5) is 3.62. The minimum absolute atomic E-state index is 0.00955. The van der Waals surface area contributed by atoms with Gasteiger partial charge in [-0.15, -0.1) is 0 Å². The van der Waals surface area contributed by atoms with Crippen LogP contribution in [0.3, 0.4) is 0 Å². The smallest absolute Gasteiger partial charge is 0.268 e. The standard InChI is InChI=1S/C32H32Cl2N2O3S/c1-31(2,3)20-12-14-21(15-13-20)40(38,39)36(26-17-24(34)27(37)18-23(26)33)29-28-22-10-8-7-9-19(22)11-16-25(28)35-30(29)32(4,5)6/h7-18,35,37H,1-6H3. The summed E-state index contributed by atoms with van der Waals surface area (Å²) < 4.78 is 30.8. The van der Waals surface area contributed by atoms with E-state index in [2.05, 4.69) is 25.8 Å². The van der Waals surface area contributed by atoms with Crippen molar-refractivity contribution in [2.24, 2.45) is 0 Å². The van der Waals surface area contributed by atoms with Crippen LogP contribution >= 0.6 is 23.2 Å². The molecule has 0 aliphatic heterocycles. The van der Waals surface area contributed by atoms with E-state index in [0.29, 0.717) is 11.4 Å². The van der Waals surface area contributed by atoms with Gasteiger partial charge in [0, 0.05) is 28.1 Å². The molecule has 0 aliphatic carbocycles. The van der Waals surface area contributed by atoms with E-state index in [1.807, 2.05) is 69.3 Å². The van der Waals surface area contributed by atoms with Crippen molar-refractivity contribution < 1.29 is 13.5 Å². The first-order chi connectivity index (χ1) is 18.6. The predicted molar refractivity (Wildman–Crippen MR) is 167 cm³/mol. The van der Waals surface area contributed by atoms with E-state index < -0.39 is 15.4 Å². The van der Waals surface area contributed by atoms with Gasteiger partial charge in [-0.05, 0) is 46.0 Å². The lowest BCUT2D eigenvalue weighted by molar-refractivity contribution is 0.475. The zero-order valence-electron chi connectivity index (χ0n) is 23.3. The van der Waals surface area contributed by atoms with Gasteiger partial charge in [-0.25, -0.2) is 12.7 Å². The zero-order chi connectivity index (χ0) is 29.2. The van der Waals surface area contributed by atoms with Crippen LogP contribution in [-0.2, 0) is 20.9 Å². The summed E-state index contributed by atoms with van der Waals surface area (Å²) in [6, 6.07) is 21.4. The Balaban J connectivity index is 1.93. The fourth-order valence-electron chi connectivity index (χ4n) is 4.98. The Morgan fingerprint density at radius 2 is 1.45 bits per heavy atom. The van der Waals surface area contributed by atoms with Crippen LogP contribution in [0.25, 0.3) is 21.7 Å². The predicted octanol–water partition coefficient (Wildman–Crippen LogP) is 9.46. The number of aromatic nitrogens is 1. The maximum Gasteiger partial charge on any atom is 0.268 e. The molecule has 0 fully saturated rings. The number of aromatic hydroxyl groups is 1. The van der Waals surface area contributed by atoms with Gasteiger partial charge < -0.3 is 10.1 Å². The Morgan fingerprint density at radius 3 is 2.08 bits per heavy atom. The Bertz CT molecular complexity index is 1860. The van der Waals surface area contributed by atoms with Gasteiger partial charge in [-0.1, -0.05) is 107 Å². The van der Waals surface area contributed by atoms with Gasteiger partial charge in [0.1, 0.15) is 5.75 Å². The molecule has 1 heterocycles. The number of fused-ring (bicyclic) bond motifs is 3. The highest BCUT2D eigenvalue weighted by molar-refractivity contribution is 7.93. The highest BCUT2D eigenvalue weighted by atomic mass is 35.5. The minimum atomic E-state index is -4.25. The third-order valence-electron chi connectivity index (χ3n) is 7.11. The van der Waals surface area contributed by atoms with Gasteiger partial charge in [-0.3, -0.25) is 0 Å². The highest BCUT2D eigenvalue weighted by Gasteiger charge is 2.36. The van der Waals surface area contributed by atoms with E-state index in [4.69, 9.17) is 23.2 Å². The van der Waals surface area contributed by atoms with E-state index in [0.717, 1.165) is 27.2 Å². The minimum Gasteiger partial charge on any atom is -0.506 e. The number of phenols is 1. The first-order valence-corrected chi connectivity index (χ1v) is 15.2. The molecule has 1 aromatic heterocycles. The molecule has 0 spiro atoms. The number of H-pyrrole nitrogens is 1. The molecule has 5 rings (SSSR count). The molecule has 0 saturated heterocycles. The van der Waals surface area contributed by atoms with Crippen molar-refractivity contribution in [2.75, 3.05) is 4.31 Å². The van der Waals surface area contributed by atoms with Gasteiger partial charge >= 0.3 is 0 Å². The number of nitrogens with one attached hydrogen (secondary N) is 1. The number of rotatable bonds is 4. The number of halogens is 2. The van der Waals surface area contributed by atoms with E-state index >= 15 is 0 Å². The summed E-state index contributed by atoms with van der Waals surface area (Å²) in [5.41, 5.74) is 2.50. The Hall–Kier alpha value is -3.19. The largest absolute Gasteiger partial charge is 0.506 e. The van der Waals surface area contributed by atoms with E-state index in [-0.39, 0.29) is 31.8 Å². The number of anilines is 2. The first kappa shape index (κ1) is 28.3. The molecule has 0 saturated carbocycles. The van der Waals surface area contributed by atoms with E-state index in [1.165, 1.54) is 16.4 Å². The zero-order valence-corrected chi connectivity index (χ0v) is 25.6. The van der Waals surface area contributed by atoms with Gasteiger partial charge in [0.25, 0.3) is 10.0 Å². The lowest BCUT2D eigenvalue weighted by Gasteiger charge is -2.30. The monoisotopic (exact) mass is 594 g/mol. The summed E-state index contributed by atoms with van der Waals surface area (Å²) in [6.07, 6.45) is 0. The molecule has 5 aromatic rings. The van der Waals surface area contributed by atoms with Crippen LogP contribution in [0.5, 0.6) is 5.75 Å². The lowest BCUT2D eigenvalue weighted by Crippen LogP contribution is -2.29. The third-order valence-corrected chi connectivity index (χ3v) is 9.44. The molecule has 5 nitrogen and oxygen atoms in total. The van der Waals surface area contributed by atoms with Crippen molar-refractivity contribution in [3.63, 3.8) is 0 Å². The number of nitrogens with zero attached hydrogens (tertiary/aromatic N) is 1. The second-order valence-electron chi connectivity index (χ2n) is 12.1. The van der Waals surface area contributed by atoms with Crippen LogP contribution in [0.15, 0.2) is 77.7 Å². The number of sulfonamides is 1. The quantitative estimate of drug-likeness (QED) is 0.217. The number of aromatic amines is 1. The molecule has 0 bridgehead atoms. The summed E-state index contributed by atoms with van der Waals surface area (Å²) in [7, 11) is -4.25. The van der Waals surface area contributed by atoms with Crippen LogP contribution in [0, 0.1) is 0 Å². The lowest BCUT2D eigenvalue weighted by atomic mass is 9.87. The third kappa shape index (κ3) is 4.83. The molecule has 8 heteroatoms. The summed E-state index contributed by atoms with van der Waals surface area (Å²) in [5.74, 6) is -0.234. The summed E-state index contributed by atoms with van der Waals surface area (Å²) in [5, 5.41) is 12.9. The summed E-state index contributed by atoms with van der Waals surface area (Å²) >= 11 is 13.1. The fourth-order valence-corrected chi connectivity index (χ4v) is 6.95. The normalized spacial score (nSPS) is 12.8. The van der Waals surface area contributed by atoms with Crippen molar-refractivity contribution in [2.45, 2.75) is 57.3 Å². The molecular formula is C32H32Cl2N2O3S. The Kier molecular flexibility index (Phi) is 6.89. The van der Waals surface area contributed by atoms with Crippen molar-refractivity contribution in [3.8, 4) is 5.75 Å². The molecule has 4 aromatic carbocycles. The molecule has 208 valence electrons. The van der Waals surface area contributed by atoms with Gasteiger partial charge in [0.05, 0.1) is 26.3 Å². The van der Waals surface area contributed by atoms with Crippen LogP contribution in [-0.4, -0.2) is 18.5 Å². The fraction of sp³-hybridized carbons (Fsp3) is 0.250. The highest BCUT2D eigenvalue weighted by Crippen LogP contribution is 2.49. The first-order valence-electron chi connectivity index (χ1n) is 13.0. The van der Waals surface area contributed by atoms with Crippen LogP contribution in [0.4, 0.5) is 11.4 Å². The number of phenolic OH excluding ortho intramolecular Hbond substituents is 1. The van der Waals surface area contributed by atoms with Gasteiger partial charge in [0.2, 0.25) is 0 Å². The average molecular weight is 596 g/mol. The molecule has 40 heavy (non-hydrogen) atoms. The average Bonchev–Trinajstić information content (AvgIpc) is 3.27. The molecule has 0 amide bonds.